The van der Waals surface area contributed by atoms with Gasteiger partial charge < -0.3 is 9.47 Å². The van der Waals surface area contributed by atoms with Crippen molar-refractivity contribution in [1.82, 2.24) is 19.9 Å². The van der Waals surface area contributed by atoms with Crippen molar-refractivity contribution in [3.63, 3.8) is 0 Å². The molecule has 1 aromatic heterocycles. The second-order valence-electron chi connectivity index (χ2n) is 4.41. The molecule has 0 atom stereocenters. The molecule has 0 amide bonds. The highest BCUT2D eigenvalue weighted by atomic mass is 16.5. The van der Waals surface area contributed by atoms with Crippen LogP contribution in [0.2, 0.25) is 0 Å². The summed E-state index contributed by atoms with van der Waals surface area (Å²) >= 11 is 0. The number of rotatable bonds is 5. The van der Waals surface area contributed by atoms with Crippen LogP contribution in [-0.2, 0) is 22.4 Å². The zero-order chi connectivity index (χ0) is 13.7. The number of aromatic nitrogens is 3. The van der Waals surface area contributed by atoms with Crippen LogP contribution >= 0.6 is 0 Å². The smallest absolute Gasteiger partial charge is 0.360 e. The summed E-state index contributed by atoms with van der Waals surface area (Å²) in [5.74, 6) is -0.422. The molecule has 0 unspecified atom stereocenters. The monoisotopic (exact) mass is 268 g/mol. The van der Waals surface area contributed by atoms with E-state index in [0.29, 0.717) is 12.1 Å². The van der Waals surface area contributed by atoms with Crippen LogP contribution in [0.25, 0.3) is 0 Å². The molecule has 0 bridgehead atoms. The predicted molar refractivity (Wildman–Crippen MR) is 68.0 cm³/mol. The molecule has 19 heavy (non-hydrogen) atoms. The van der Waals surface area contributed by atoms with Gasteiger partial charge in [0.1, 0.15) is 0 Å². The number of morpholine rings is 1. The minimum absolute atomic E-state index is 0.326. The molecule has 1 aliphatic rings. The Hall–Kier alpha value is -1.47. The van der Waals surface area contributed by atoms with E-state index in [9.17, 15) is 4.79 Å². The number of carbonyl (C=O) groups is 1. The molecule has 1 saturated heterocycles. The van der Waals surface area contributed by atoms with E-state index in [4.69, 9.17) is 9.47 Å². The van der Waals surface area contributed by atoms with Crippen molar-refractivity contribution in [1.29, 1.82) is 0 Å². The Kier molecular flexibility index (Phi) is 4.86. The molecule has 2 rings (SSSR count). The van der Waals surface area contributed by atoms with Crippen LogP contribution in [0.1, 0.15) is 23.1 Å². The Morgan fingerprint density at radius 2 is 2.11 bits per heavy atom. The fourth-order valence-corrected chi connectivity index (χ4v) is 2.18. The number of hydrogen-bond acceptors (Lipinski definition) is 6. The number of hydrogen-bond donors (Lipinski definition) is 0. The largest absolute Gasteiger partial charge is 0.464 e. The number of methoxy groups -OCH3 is 1. The summed E-state index contributed by atoms with van der Waals surface area (Å²) in [6.07, 6.45) is 0.709. The zero-order valence-corrected chi connectivity index (χ0v) is 11.5. The Balaban J connectivity index is 1.99. The molecule has 1 aromatic rings. The van der Waals surface area contributed by atoms with Crippen LogP contribution in [0.5, 0.6) is 0 Å². The Morgan fingerprint density at radius 1 is 1.37 bits per heavy atom. The van der Waals surface area contributed by atoms with Crippen LogP contribution in [-0.4, -0.2) is 65.8 Å². The third-order valence-corrected chi connectivity index (χ3v) is 3.28. The fraction of sp³-hybridized carbons (Fsp3) is 0.750. The standard InChI is InChI=1S/C12H20N4O3/c1-3-10-11(12(17)18-2)13-14-16(10)5-4-15-6-8-19-9-7-15/h3-9H2,1-2H3. The van der Waals surface area contributed by atoms with E-state index >= 15 is 0 Å². The molecular weight excluding hydrogens is 248 g/mol. The summed E-state index contributed by atoms with van der Waals surface area (Å²) < 4.78 is 11.8. The topological polar surface area (TPSA) is 69.5 Å². The van der Waals surface area contributed by atoms with Gasteiger partial charge in [0.15, 0.2) is 5.69 Å². The number of ether oxygens (including phenoxy) is 2. The molecule has 0 aliphatic carbocycles. The van der Waals surface area contributed by atoms with Gasteiger partial charge in [-0.3, -0.25) is 4.90 Å². The maximum atomic E-state index is 11.5. The third kappa shape index (κ3) is 3.30. The zero-order valence-electron chi connectivity index (χ0n) is 11.5. The van der Waals surface area contributed by atoms with E-state index in [1.165, 1.54) is 7.11 Å². The average molecular weight is 268 g/mol. The van der Waals surface area contributed by atoms with Gasteiger partial charge in [-0.05, 0) is 6.42 Å². The highest BCUT2D eigenvalue weighted by molar-refractivity contribution is 5.88. The van der Waals surface area contributed by atoms with E-state index in [1.807, 2.05) is 6.92 Å². The molecule has 0 saturated carbocycles. The summed E-state index contributed by atoms with van der Waals surface area (Å²) in [6, 6.07) is 0. The molecule has 0 spiro atoms. The maximum Gasteiger partial charge on any atom is 0.360 e. The minimum Gasteiger partial charge on any atom is -0.464 e. The molecule has 0 radical (unpaired) electrons. The van der Waals surface area contributed by atoms with Crippen LogP contribution in [0, 0.1) is 0 Å². The Bertz CT molecular complexity index is 427. The summed E-state index contributed by atoms with van der Waals surface area (Å²) in [4.78, 5) is 13.9. The molecule has 7 heteroatoms. The van der Waals surface area contributed by atoms with Gasteiger partial charge in [0.05, 0.1) is 32.6 Å². The normalized spacial score (nSPS) is 16.5. The lowest BCUT2D eigenvalue weighted by Gasteiger charge is -2.26. The maximum absolute atomic E-state index is 11.5. The van der Waals surface area contributed by atoms with E-state index in [0.717, 1.165) is 45.1 Å². The fourth-order valence-electron chi connectivity index (χ4n) is 2.18. The lowest BCUT2D eigenvalue weighted by Crippen LogP contribution is -2.38. The van der Waals surface area contributed by atoms with Crippen LogP contribution in [0.3, 0.4) is 0 Å². The first-order valence-corrected chi connectivity index (χ1v) is 6.57. The van der Waals surface area contributed by atoms with Crippen molar-refractivity contribution in [2.24, 2.45) is 0 Å². The first-order chi connectivity index (χ1) is 9.26. The van der Waals surface area contributed by atoms with Gasteiger partial charge >= 0.3 is 5.97 Å². The Labute approximate surface area is 112 Å². The van der Waals surface area contributed by atoms with Gasteiger partial charge in [0.25, 0.3) is 0 Å². The summed E-state index contributed by atoms with van der Waals surface area (Å²) in [6.45, 7) is 7.06. The molecule has 0 N–H and O–H groups in total. The van der Waals surface area contributed by atoms with Crippen LogP contribution in [0.4, 0.5) is 0 Å². The summed E-state index contributed by atoms with van der Waals surface area (Å²) in [5.41, 5.74) is 1.16. The lowest BCUT2D eigenvalue weighted by atomic mass is 10.2. The summed E-state index contributed by atoms with van der Waals surface area (Å²) in [5, 5.41) is 7.97. The molecular formula is C12H20N4O3. The number of carbonyl (C=O) groups excluding carboxylic acids is 1. The van der Waals surface area contributed by atoms with Crippen molar-refractivity contribution in [3.05, 3.63) is 11.4 Å². The van der Waals surface area contributed by atoms with Gasteiger partial charge in [0.2, 0.25) is 0 Å². The average Bonchev–Trinajstić information content (AvgIpc) is 2.88. The molecule has 1 fully saturated rings. The van der Waals surface area contributed by atoms with Gasteiger partial charge in [-0.1, -0.05) is 12.1 Å². The van der Waals surface area contributed by atoms with E-state index in [1.54, 1.807) is 4.68 Å². The predicted octanol–water partition coefficient (Wildman–Crippen LogP) is -0.0407. The van der Waals surface area contributed by atoms with Gasteiger partial charge in [-0.2, -0.15) is 0 Å². The number of esters is 1. The van der Waals surface area contributed by atoms with Crippen molar-refractivity contribution in [3.8, 4) is 0 Å². The first-order valence-electron chi connectivity index (χ1n) is 6.57. The first kappa shape index (κ1) is 14.0. The third-order valence-electron chi connectivity index (χ3n) is 3.28. The highest BCUT2D eigenvalue weighted by Gasteiger charge is 2.19. The quantitative estimate of drug-likeness (QED) is 0.698. The van der Waals surface area contributed by atoms with Crippen LogP contribution in [0.15, 0.2) is 0 Å². The van der Waals surface area contributed by atoms with Crippen molar-refractivity contribution in [2.75, 3.05) is 40.0 Å². The van der Waals surface area contributed by atoms with Gasteiger partial charge in [0, 0.05) is 19.6 Å². The van der Waals surface area contributed by atoms with E-state index in [-0.39, 0.29) is 0 Å². The second-order valence-corrected chi connectivity index (χ2v) is 4.41. The minimum atomic E-state index is -0.422. The Morgan fingerprint density at radius 3 is 2.74 bits per heavy atom. The van der Waals surface area contributed by atoms with Gasteiger partial charge in [-0.25, -0.2) is 9.48 Å². The summed E-state index contributed by atoms with van der Waals surface area (Å²) in [7, 11) is 1.36. The molecule has 1 aliphatic heterocycles. The van der Waals surface area contributed by atoms with Crippen LogP contribution < -0.4 is 0 Å². The van der Waals surface area contributed by atoms with E-state index < -0.39 is 5.97 Å². The second kappa shape index (κ2) is 6.63. The van der Waals surface area contributed by atoms with Gasteiger partial charge in [-0.15, -0.1) is 5.10 Å². The molecule has 7 nitrogen and oxygen atoms in total. The molecule has 0 aromatic carbocycles. The molecule has 106 valence electrons. The van der Waals surface area contributed by atoms with Crippen molar-refractivity contribution < 1.29 is 14.3 Å². The van der Waals surface area contributed by atoms with E-state index in [2.05, 4.69) is 15.2 Å². The number of nitrogens with zero attached hydrogens (tertiary/aromatic N) is 4. The SMILES string of the molecule is CCc1c(C(=O)OC)nnn1CCN1CCOCC1. The molecule has 2 heterocycles. The van der Waals surface area contributed by atoms with Crippen molar-refractivity contribution in [2.45, 2.75) is 19.9 Å². The lowest BCUT2D eigenvalue weighted by molar-refractivity contribution is 0.0358. The van der Waals surface area contributed by atoms with Crippen molar-refractivity contribution >= 4 is 5.97 Å². The highest BCUT2D eigenvalue weighted by Crippen LogP contribution is 2.08.